The Morgan fingerprint density at radius 3 is 2.50 bits per heavy atom. The third-order valence-electron chi connectivity index (χ3n) is 3.72. The Morgan fingerprint density at radius 2 is 1.88 bits per heavy atom. The number of hydrogen-bond donors (Lipinski definition) is 1. The molecule has 0 spiro atoms. The first-order valence-electron chi connectivity index (χ1n) is 8.19. The molecule has 0 fully saturated rings. The van der Waals surface area contributed by atoms with Crippen molar-refractivity contribution in [3.05, 3.63) is 47.5 Å². The van der Waals surface area contributed by atoms with E-state index in [1.54, 1.807) is 44.2 Å². The van der Waals surface area contributed by atoms with E-state index in [2.05, 4.69) is 0 Å². The van der Waals surface area contributed by atoms with Gasteiger partial charge in [-0.1, -0.05) is 31.2 Å². The third kappa shape index (κ3) is 6.96. The fourth-order valence-electron chi connectivity index (χ4n) is 2.07. The fourth-order valence-corrected chi connectivity index (χ4v) is 2.07. The Labute approximate surface area is 143 Å². The van der Waals surface area contributed by atoms with Crippen LogP contribution in [0.1, 0.15) is 44.0 Å². The van der Waals surface area contributed by atoms with E-state index in [-0.39, 0.29) is 18.5 Å². The molecule has 0 aliphatic rings. The molecule has 0 radical (unpaired) electrons. The van der Waals surface area contributed by atoms with E-state index in [0.717, 1.165) is 0 Å². The van der Waals surface area contributed by atoms with Crippen LogP contribution in [0, 0.1) is 5.92 Å². The largest absolute Gasteiger partial charge is 0.463 e. The lowest BCUT2D eigenvalue weighted by Gasteiger charge is -2.18. The summed E-state index contributed by atoms with van der Waals surface area (Å²) >= 11 is 0. The summed E-state index contributed by atoms with van der Waals surface area (Å²) in [6, 6.07) is 8.67. The molecule has 2 atom stereocenters. The minimum Gasteiger partial charge on any atom is -0.463 e. The highest BCUT2D eigenvalue weighted by Crippen LogP contribution is 2.14. The van der Waals surface area contributed by atoms with Crippen molar-refractivity contribution >= 4 is 11.9 Å². The monoisotopic (exact) mass is 334 g/mol. The van der Waals surface area contributed by atoms with Crippen molar-refractivity contribution in [3.63, 3.8) is 0 Å². The van der Waals surface area contributed by atoms with Crippen molar-refractivity contribution in [2.45, 2.75) is 39.7 Å². The van der Waals surface area contributed by atoms with Crippen molar-refractivity contribution < 1.29 is 24.2 Å². The number of carbonyl (C=O) groups excluding carboxylic acids is 2. The van der Waals surface area contributed by atoms with Crippen LogP contribution in [0.25, 0.3) is 0 Å². The van der Waals surface area contributed by atoms with Gasteiger partial charge in [0.15, 0.2) is 0 Å². The van der Waals surface area contributed by atoms with E-state index < -0.39 is 12.1 Å². The van der Waals surface area contributed by atoms with Crippen molar-refractivity contribution in [3.8, 4) is 0 Å². The number of aliphatic hydroxyl groups excluding tert-OH is 1. The van der Waals surface area contributed by atoms with Gasteiger partial charge in [-0.05, 0) is 44.7 Å². The van der Waals surface area contributed by atoms with Crippen LogP contribution >= 0.6 is 0 Å². The highest BCUT2D eigenvalue weighted by molar-refractivity contribution is 5.89. The van der Waals surface area contributed by atoms with E-state index in [1.807, 2.05) is 13.0 Å². The molecule has 0 aromatic heterocycles. The first-order valence-corrected chi connectivity index (χ1v) is 8.19. The van der Waals surface area contributed by atoms with Gasteiger partial charge in [-0.15, -0.1) is 0 Å². The maximum absolute atomic E-state index is 11.8. The topological polar surface area (TPSA) is 72.8 Å². The van der Waals surface area contributed by atoms with Gasteiger partial charge in [0.2, 0.25) is 0 Å². The lowest BCUT2D eigenvalue weighted by molar-refractivity contribution is -0.138. The van der Waals surface area contributed by atoms with Crippen LogP contribution in [0.5, 0.6) is 0 Å². The van der Waals surface area contributed by atoms with Crippen molar-refractivity contribution in [1.29, 1.82) is 0 Å². The zero-order chi connectivity index (χ0) is 17.9. The standard InChI is InChI=1S/C19H26O5/c1-4-23-18(21)15(3)10-8-9-14(2)17(20)13-24-19(22)16-11-6-5-7-12-16/h5-7,10-12,14,17,20H,4,8-9,13H2,1-3H3/b15-10+/t14-,17+/m0/s1. The van der Waals surface area contributed by atoms with E-state index in [1.165, 1.54) is 0 Å². The number of benzene rings is 1. The molecule has 1 rings (SSSR count). The number of carbonyl (C=O) groups is 2. The molecule has 0 amide bonds. The molecular weight excluding hydrogens is 308 g/mol. The summed E-state index contributed by atoms with van der Waals surface area (Å²) in [5.74, 6) is -0.817. The Hall–Kier alpha value is -2.14. The highest BCUT2D eigenvalue weighted by Gasteiger charge is 2.17. The molecule has 5 heteroatoms. The molecule has 0 saturated carbocycles. The summed E-state index contributed by atoms with van der Waals surface area (Å²) in [7, 11) is 0. The molecule has 0 aliphatic heterocycles. The van der Waals surface area contributed by atoms with E-state index in [9.17, 15) is 14.7 Å². The van der Waals surface area contributed by atoms with Gasteiger partial charge in [0.1, 0.15) is 6.61 Å². The van der Waals surface area contributed by atoms with Crippen molar-refractivity contribution in [2.75, 3.05) is 13.2 Å². The number of rotatable bonds is 9. The Morgan fingerprint density at radius 1 is 1.21 bits per heavy atom. The highest BCUT2D eigenvalue weighted by atomic mass is 16.5. The molecule has 0 saturated heterocycles. The average Bonchev–Trinajstić information content (AvgIpc) is 2.59. The van der Waals surface area contributed by atoms with E-state index in [0.29, 0.717) is 30.6 Å². The van der Waals surface area contributed by atoms with Gasteiger partial charge >= 0.3 is 11.9 Å². The normalized spacial score (nSPS) is 13.9. The van der Waals surface area contributed by atoms with Crippen LogP contribution in [0.2, 0.25) is 0 Å². The number of aliphatic hydroxyl groups is 1. The minimum absolute atomic E-state index is 0.0462. The number of hydrogen-bond acceptors (Lipinski definition) is 5. The van der Waals surface area contributed by atoms with Crippen molar-refractivity contribution in [1.82, 2.24) is 0 Å². The molecular formula is C19H26O5. The number of esters is 2. The molecule has 1 N–H and O–H groups in total. The summed E-state index contributed by atoms with van der Waals surface area (Å²) in [6.07, 6.45) is 2.39. The summed E-state index contributed by atoms with van der Waals surface area (Å²) < 4.78 is 10.0. The average molecular weight is 334 g/mol. The SMILES string of the molecule is CCOC(=O)/C(C)=C/CC[C@H](C)[C@H](O)COC(=O)c1ccccc1. The molecule has 1 aromatic rings. The van der Waals surface area contributed by atoms with Gasteiger partial charge in [-0.3, -0.25) is 0 Å². The van der Waals surface area contributed by atoms with Crippen LogP contribution < -0.4 is 0 Å². The number of ether oxygens (including phenoxy) is 2. The van der Waals surface area contributed by atoms with Crippen molar-refractivity contribution in [2.24, 2.45) is 5.92 Å². The second kappa shape index (κ2) is 10.6. The first kappa shape index (κ1) is 19.9. The number of allylic oxidation sites excluding steroid dienone is 1. The van der Waals surface area contributed by atoms with Gasteiger partial charge in [0, 0.05) is 5.57 Å². The Balaban J connectivity index is 2.34. The first-order chi connectivity index (χ1) is 11.5. The molecule has 132 valence electrons. The predicted molar refractivity (Wildman–Crippen MR) is 91.5 cm³/mol. The lowest BCUT2D eigenvalue weighted by Crippen LogP contribution is -2.25. The van der Waals surface area contributed by atoms with Gasteiger partial charge in [0.25, 0.3) is 0 Å². The summed E-state index contributed by atoms with van der Waals surface area (Å²) in [5.41, 5.74) is 1.03. The second-order valence-corrected chi connectivity index (χ2v) is 5.69. The smallest absolute Gasteiger partial charge is 0.338 e. The molecule has 5 nitrogen and oxygen atoms in total. The van der Waals surface area contributed by atoms with Crippen LogP contribution in [-0.4, -0.2) is 36.4 Å². The third-order valence-corrected chi connectivity index (χ3v) is 3.72. The lowest BCUT2D eigenvalue weighted by atomic mass is 9.99. The zero-order valence-corrected chi connectivity index (χ0v) is 14.5. The fraction of sp³-hybridized carbons (Fsp3) is 0.474. The van der Waals surface area contributed by atoms with Crippen LogP contribution in [0.3, 0.4) is 0 Å². The molecule has 1 aromatic carbocycles. The van der Waals surface area contributed by atoms with Gasteiger partial charge in [-0.2, -0.15) is 0 Å². The second-order valence-electron chi connectivity index (χ2n) is 5.69. The predicted octanol–water partition coefficient (Wildman–Crippen LogP) is 3.13. The van der Waals surface area contributed by atoms with E-state index >= 15 is 0 Å². The summed E-state index contributed by atoms with van der Waals surface area (Å²) in [5, 5.41) is 10.1. The maximum atomic E-state index is 11.8. The molecule has 0 aliphatic carbocycles. The molecule has 0 unspecified atom stereocenters. The zero-order valence-electron chi connectivity index (χ0n) is 14.5. The van der Waals surface area contributed by atoms with Gasteiger partial charge < -0.3 is 14.6 Å². The molecule has 0 heterocycles. The molecule has 24 heavy (non-hydrogen) atoms. The van der Waals surface area contributed by atoms with Crippen LogP contribution in [0.15, 0.2) is 42.0 Å². The quantitative estimate of drug-likeness (QED) is 0.555. The van der Waals surface area contributed by atoms with Gasteiger partial charge in [-0.25, -0.2) is 9.59 Å². The maximum Gasteiger partial charge on any atom is 0.338 e. The van der Waals surface area contributed by atoms with E-state index in [4.69, 9.17) is 9.47 Å². The Kier molecular flexibility index (Phi) is 8.79. The Bertz CT molecular complexity index is 550. The van der Waals surface area contributed by atoms with Crippen LogP contribution in [-0.2, 0) is 14.3 Å². The van der Waals surface area contributed by atoms with Crippen LogP contribution in [0.4, 0.5) is 0 Å². The van der Waals surface area contributed by atoms with Gasteiger partial charge in [0.05, 0.1) is 18.3 Å². The summed E-state index contributed by atoms with van der Waals surface area (Å²) in [4.78, 5) is 23.3. The molecule has 0 bridgehead atoms. The minimum atomic E-state index is -0.742. The summed E-state index contributed by atoms with van der Waals surface area (Å²) in [6.45, 7) is 5.66.